The number of ether oxygens (including phenoxy) is 3. The predicted molar refractivity (Wildman–Crippen MR) is 387 cm³/mol. The van der Waals surface area contributed by atoms with E-state index in [9.17, 15) is 61.2 Å². The van der Waals surface area contributed by atoms with Crippen molar-refractivity contribution in [1.82, 2.24) is 45.5 Å². The topological polar surface area (TPSA) is 395 Å². The smallest absolute Gasteiger partial charge is 0.410 e. The number of imide groups is 1. The molecule has 29 nitrogen and oxygen atoms in total. The number of hydrogen-bond donors (Lipinski definition) is 8. The van der Waals surface area contributed by atoms with Crippen LogP contribution in [0.2, 0.25) is 0 Å². The van der Waals surface area contributed by atoms with Gasteiger partial charge in [0.05, 0.1) is 52.3 Å². The number of nitrogens with two attached hydrogens (primary N) is 1. The molecule has 7 atom stereocenters. The lowest BCUT2D eigenvalue weighted by atomic mass is 9.39. The zero-order chi connectivity index (χ0) is 74.3. The maximum Gasteiger partial charge on any atom is 0.410 e. The summed E-state index contributed by atoms with van der Waals surface area (Å²) in [7, 11) is -4.52. The number of anilines is 3. The molecule has 4 bridgehead atoms. The summed E-state index contributed by atoms with van der Waals surface area (Å²) < 4.78 is 55.7. The van der Waals surface area contributed by atoms with Gasteiger partial charge in [0, 0.05) is 79.4 Å². The fraction of sp³-hybridized carbons (Fsp3) is 0.479. The summed E-state index contributed by atoms with van der Waals surface area (Å²) in [6, 6.07) is 19.4. The molecule has 3 aromatic carbocycles. The number of carboxylic acids is 1. The third kappa shape index (κ3) is 17.8. The third-order valence-corrected chi connectivity index (χ3v) is 22.2. The Labute approximate surface area is 606 Å². The summed E-state index contributed by atoms with van der Waals surface area (Å²) in [5.41, 5.74) is 8.87. The van der Waals surface area contributed by atoms with Crippen LogP contribution in [-0.4, -0.2) is 171 Å². The molecule has 2 aliphatic heterocycles. The summed E-state index contributed by atoms with van der Waals surface area (Å²) in [6.45, 7) is 10.7. The van der Waals surface area contributed by atoms with Crippen LogP contribution in [0.3, 0.4) is 0 Å². The highest BCUT2D eigenvalue weighted by atomic mass is 32.2. The maximum absolute atomic E-state index is 13.9. The van der Waals surface area contributed by atoms with Crippen LogP contribution in [0.1, 0.15) is 126 Å². The minimum absolute atomic E-state index is 0.0268. The summed E-state index contributed by atoms with van der Waals surface area (Å²) in [6.07, 6.45) is 10.1. The van der Waals surface area contributed by atoms with Gasteiger partial charge in [-0.25, -0.2) is 29.1 Å². The van der Waals surface area contributed by atoms with Crippen molar-refractivity contribution in [2.45, 2.75) is 143 Å². The van der Waals surface area contributed by atoms with Crippen LogP contribution in [0, 0.1) is 35.5 Å². The predicted octanol–water partition coefficient (Wildman–Crippen LogP) is 9.07. The van der Waals surface area contributed by atoms with Gasteiger partial charge in [-0.2, -0.15) is 13.5 Å². The van der Waals surface area contributed by atoms with E-state index in [4.69, 9.17) is 30.0 Å². The van der Waals surface area contributed by atoms with Gasteiger partial charge in [-0.1, -0.05) is 76.1 Å². The highest BCUT2D eigenvalue weighted by molar-refractivity contribution is 7.85. The van der Waals surface area contributed by atoms with E-state index >= 15 is 0 Å². The zero-order valence-electron chi connectivity index (χ0n) is 58.8. The van der Waals surface area contributed by atoms with Gasteiger partial charge in [0.15, 0.2) is 10.8 Å². The molecule has 5 unspecified atom stereocenters. The van der Waals surface area contributed by atoms with Gasteiger partial charge in [-0.3, -0.25) is 48.3 Å². The first-order valence-corrected chi connectivity index (χ1v) is 37.6. The van der Waals surface area contributed by atoms with Crippen LogP contribution in [-0.2, 0) is 56.7 Å². The number of primary amides is 1. The molecule has 9 N–H and O–H groups in total. The SMILES string of the molecule is CCC1C2CC3(Cn4ncc(-c5ccc(-c6ccc7c(c6)N(C(=O)Nc6nc8ccccc8s6)CCO7)nc5C(=O)O)c4C)CC(OCCN(CCS(=O)(=O)O)C(=O)OCc4ccc(NC(=O)[C@H](CCCNC(N)=O)NC(=O)[C@@H](NC(=O)CCCCCN5C(=O)C=CC5=O)C(C)C)cc4)(C2)CC1(C)C3. The number of nitrogens with zero attached hydrogens (tertiary/aromatic N) is 7. The normalized spacial score (nSPS) is 20.8. The first-order chi connectivity index (χ1) is 49.6. The van der Waals surface area contributed by atoms with Crippen LogP contribution >= 0.6 is 11.3 Å². The van der Waals surface area contributed by atoms with Crippen molar-refractivity contribution in [3.63, 3.8) is 0 Å². The van der Waals surface area contributed by atoms with Gasteiger partial charge < -0.3 is 51.2 Å². The second-order valence-electron chi connectivity index (χ2n) is 28.5. The molecular formula is C73H89N13O16S2. The van der Waals surface area contributed by atoms with Crippen LogP contribution in [0.25, 0.3) is 32.6 Å². The number of thiazole rings is 1. The molecule has 31 heteroatoms. The zero-order valence-corrected chi connectivity index (χ0v) is 60.4. The van der Waals surface area contributed by atoms with Crippen LogP contribution in [0.15, 0.2) is 97.2 Å². The van der Waals surface area contributed by atoms with E-state index in [1.54, 1.807) is 79.5 Å². The van der Waals surface area contributed by atoms with Crippen LogP contribution in [0.5, 0.6) is 5.75 Å². The van der Waals surface area contributed by atoms with Gasteiger partial charge in [-0.05, 0) is 153 Å². The molecule has 6 aliphatic rings. The number of carbonyl (C=O) groups is 9. The third-order valence-electron chi connectivity index (χ3n) is 20.6. The number of amides is 10. The number of rotatable bonds is 32. The Morgan fingerprint density at radius 2 is 1.64 bits per heavy atom. The first-order valence-electron chi connectivity index (χ1n) is 35.2. The molecule has 6 aromatic rings. The Hall–Kier alpha value is -9.85. The van der Waals surface area contributed by atoms with Crippen molar-refractivity contribution in [3.05, 3.63) is 114 Å². The largest absolute Gasteiger partial charge is 0.490 e. The number of unbranched alkanes of at least 4 members (excludes halogenated alkanes) is 2. The molecule has 554 valence electrons. The number of hydrogen-bond acceptors (Lipinski definition) is 18. The number of aromatic nitrogens is 4. The quantitative estimate of drug-likeness (QED) is 0.0111. The molecule has 4 fully saturated rings. The Kier molecular flexibility index (Phi) is 23.2. The molecule has 0 radical (unpaired) electrons. The van der Waals surface area contributed by atoms with Crippen molar-refractivity contribution in [2.24, 2.45) is 34.3 Å². The van der Waals surface area contributed by atoms with E-state index in [-0.39, 0.29) is 106 Å². The first kappa shape index (κ1) is 75.3. The van der Waals surface area contributed by atoms with Crippen molar-refractivity contribution in [1.29, 1.82) is 0 Å². The Morgan fingerprint density at radius 1 is 0.875 bits per heavy atom. The van der Waals surface area contributed by atoms with E-state index in [2.05, 4.69) is 45.4 Å². The summed E-state index contributed by atoms with van der Waals surface area (Å²) in [5.74, 6) is -3.54. The molecular weight excluding hydrogens is 1380 g/mol. The fourth-order valence-corrected chi connectivity index (χ4v) is 17.6. The van der Waals surface area contributed by atoms with Crippen molar-refractivity contribution >= 4 is 102 Å². The van der Waals surface area contributed by atoms with E-state index in [1.807, 2.05) is 35.9 Å². The fourth-order valence-electron chi connectivity index (χ4n) is 16.3. The highest BCUT2D eigenvalue weighted by Gasteiger charge is 2.66. The maximum atomic E-state index is 13.9. The standard InChI is InChI=1S/C73H89N13O16S2/c1-6-52-48-36-72(43-86-45(4)51(38-76-86)50-22-23-53(78-63(50)66(92)93)47-19-24-57-56(35-47)84(30-32-100-57)69(95)82-68-80-54-13-9-10-15-58(54)103-68)40-71(52,5)41-73(37-48,42-72)102-33-29-83(31-34-104(97,98)99)70(96)101-39-46-17-20-49(21-18-46)77-64(90)55(14-12-27-75-67(74)94)79-65(91)62(44(2)3)81-59(87)16-8-7-11-28-85-60(88)25-26-61(85)89/h9-10,13,15,17-26,35,38,44,48,52,55,62H,6-8,11-12,14,16,27-34,36-37,39-43H2,1-5H3,(H,77,90)(H,79,91)(H,81,87)(H,92,93)(H3,74,75,94)(H,80,82,95)(H,97,98,99)/t48?,52?,55-,62-,71?,72?,73?/m0/s1. The number of carboxylic acid groups (broad SMARTS) is 1. The van der Waals surface area contributed by atoms with Crippen molar-refractivity contribution in [2.75, 3.05) is 67.2 Å². The van der Waals surface area contributed by atoms with Gasteiger partial charge in [-0.15, -0.1) is 0 Å². The second kappa shape index (κ2) is 32.0. The minimum Gasteiger partial charge on any atom is -0.490 e. The van der Waals surface area contributed by atoms with Crippen LogP contribution < -0.4 is 42.0 Å². The lowest BCUT2D eigenvalue weighted by Gasteiger charge is -2.68. The van der Waals surface area contributed by atoms with Gasteiger partial charge in [0.1, 0.15) is 31.0 Å². The lowest BCUT2D eigenvalue weighted by molar-refractivity contribution is -0.247. The highest BCUT2D eigenvalue weighted by Crippen LogP contribution is 2.70. The number of fused-ring (bicyclic) bond motifs is 2. The molecule has 0 saturated heterocycles. The summed E-state index contributed by atoms with van der Waals surface area (Å²) in [5, 5.41) is 29.8. The van der Waals surface area contributed by atoms with E-state index in [0.29, 0.717) is 94.3 Å². The average Bonchev–Trinajstić information content (AvgIpc) is 0.832. The van der Waals surface area contributed by atoms with Gasteiger partial charge >= 0.3 is 24.1 Å². The van der Waals surface area contributed by atoms with Gasteiger partial charge in [0.25, 0.3) is 21.9 Å². The van der Waals surface area contributed by atoms with E-state index in [1.165, 1.54) is 28.4 Å². The van der Waals surface area contributed by atoms with Crippen molar-refractivity contribution < 1.29 is 75.4 Å². The minimum atomic E-state index is -4.52. The number of benzene rings is 3. The van der Waals surface area contributed by atoms with E-state index < -0.39 is 75.9 Å². The van der Waals surface area contributed by atoms with Crippen LogP contribution in [0.4, 0.5) is 30.9 Å². The molecule has 3 aromatic heterocycles. The Balaban J connectivity index is 0.708. The Bertz CT molecular complexity index is 4360. The molecule has 12 rings (SSSR count). The number of nitrogens with one attached hydrogen (secondary N) is 5. The number of para-hydroxylation sites is 1. The molecule has 104 heavy (non-hydrogen) atoms. The average molecular weight is 1470 g/mol. The summed E-state index contributed by atoms with van der Waals surface area (Å²) >= 11 is 1.37. The second-order valence-corrected chi connectivity index (χ2v) is 31.1. The summed E-state index contributed by atoms with van der Waals surface area (Å²) in [4.78, 5) is 130. The van der Waals surface area contributed by atoms with Gasteiger partial charge in [0.2, 0.25) is 17.7 Å². The monoisotopic (exact) mass is 1470 g/mol. The lowest BCUT2D eigenvalue weighted by Crippen LogP contribution is -2.65. The molecule has 4 saturated carbocycles. The number of urea groups is 2. The molecule has 5 heterocycles. The van der Waals surface area contributed by atoms with Crippen molar-refractivity contribution in [3.8, 4) is 28.1 Å². The molecule has 4 aliphatic carbocycles. The Morgan fingerprint density at radius 3 is 2.36 bits per heavy atom. The number of pyridine rings is 1. The number of aromatic carboxylic acids is 1. The van der Waals surface area contributed by atoms with E-state index in [0.717, 1.165) is 52.9 Å². The molecule has 0 spiro atoms. The number of carbonyl (C=O) groups excluding carboxylic acids is 8. The molecule has 10 amide bonds.